The van der Waals surface area contributed by atoms with Gasteiger partial charge >= 0.3 is 0 Å². The first-order chi connectivity index (χ1) is 19.8. The topological polar surface area (TPSA) is 114 Å². The zero-order valence-electron chi connectivity index (χ0n) is 22.6. The molecular weight excluding hydrogens is 524 g/mol. The second kappa shape index (κ2) is 9.75. The Morgan fingerprint density at radius 1 is 1.07 bits per heavy atom. The Hall–Kier alpha value is -4.14. The van der Waals surface area contributed by atoms with Gasteiger partial charge in [-0.25, -0.2) is 8.78 Å². The van der Waals surface area contributed by atoms with Crippen molar-refractivity contribution in [2.24, 2.45) is 17.1 Å². The molecule has 3 aliphatic carbocycles. The van der Waals surface area contributed by atoms with Gasteiger partial charge in [-0.3, -0.25) is 19.7 Å². The molecule has 1 aliphatic heterocycles. The van der Waals surface area contributed by atoms with Crippen molar-refractivity contribution >= 4 is 23.6 Å². The van der Waals surface area contributed by atoms with Crippen molar-refractivity contribution in [3.63, 3.8) is 0 Å². The molecule has 3 aromatic rings. The minimum absolute atomic E-state index is 0.00901. The fourth-order valence-corrected chi connectivity index (χ4v) is 7.20. The summed E-state index contributed by atoms with van der Waals surface area (Å²) in [7, 11) is 0. The number of aromatic nitrogens is 3. The van der Waals surface area contributed by atoms with Gasteiger partial charge in [-0.2, -0.15) is 5.10 Å². The van der Waals surface area contributed by atoms with Gasteiger partial charge in [-0.15, -0.1) is 0 Å². The van der Waals surface area contributed by atoms with E-state index in [2.05, 4.69) is 20.5 Å². The number of amides is 1. The van der Waals surface area contributed by atoms with E-state index in [-0.39, 0.29) is 17.1 Å². The van der Waals surface area contributed by atoms with Crippen LogP contribution in [0.2, 0.25) is 0 Å². The number of rotatable bonds is 6. The zero-order valence-corrected chi connectivity index (χ0v) is 22.6. The van der Waals surface area contributed by atoms with Crippen LogP contribution in [0.15, 0.2) is 53.9 Å². The standard InChI is InChI=1S/C32H31F2N5O2/c33-20-11-19(12-21(34)13-20)18-5-6-22(36-16-18)7-8-23-27-24(14-32(15-25(27)40)9-1-2-10-32)37-31-28(23)29(38-39-31)26(30(35)41)17-3-4-17/h5-8,11-13,16-17,23,26H,1-4,9-10,14-15H2,(H2,35,41)(H2,37,38,39)/b8-7+. The van der Waals surface area contributed by atoms with Gasteiger partial charge in [0.05, 0.1) is 17.3 Å². The van der Waals surface area contributed by atoms with Gasteiger partial charge in [0.1, 0.15) is 17.5 Å². The molecule has 2 fully saturated rings. The summed E-state index contributed by atoms with van der Waals surface area (Å²) in [5.41, 5.74) is 10.5. The number of Topliss-reactive ketones (excluding diaryl/α,β-unsaturated/α-hetero) is 1. The fraction of sp³-hybridized carbons (Fsp3) is 0.375. The maximum atomic E-state index is 13.8. The number of H-pyrrole nitrogens is 1. The number of primary amides is 1. The Kier molecular flexibility index (Phi) is 6.14. The molecule has 41 heavy (non-hydrogen) atoms. The zero-order chi connectivity index (χ0) is 28.3. The summed E-state index contributed by atoms with van der Waals surface area (Å²) < 4.78 is 27.5. The number of aromatic amines is 1. The van der Waals surface area contributed by atoms with Crippen LogP contribution in [0.5, 0.6) is 0 Å². The van der Waals surface area contributed by atoms with Crippen LogP contribution in [0.4, 0.5) is 14.6 Å². The van der Waals surface area contributed by atoms with E-state index in [1.807, 2.05) is 12.2 Å². The summed E-state index contributed by atoms with van der Waals surface area (Å²) in [6.07, 6.45) is 12.9. The summed E-state index contributed by atoms with van der Waals surface area (Å²) in [5.74, 6) is -1.64. The van der Waals surface area contributed by atoms with Crippen LogP contribution in [0, 0.1) is 23.0 Å². The lowest BCUT2D eigenvalue weighted by Gasteiger charge is -2.39. The Morgan fingerprint density at radius 2 is 1.83 bits per heavy atom. The number of hydrogen-bond donors (Lipinski definition) is 3. The number of nitrogens with one attached hydrogen (secondary N) is 2. The Balaban J connectivity index is 1.27. The molecule has 1 aromatic carbocycles. The number of benzene rings is 1. The van der Waals surface area contributed by atoms with E-state index in [9.17, 15) is 18.4 Å². The van der Waals surface area contributed by atoms with Crippen LogP contribution in [0.25, 0.3) is 17.2 Å². The predicted octanol–water partition coefficient (Wildman–Crippen LogP) is 6.13. The number of carbonyl (C=O) groups excluding carboxylic acids is 2. The second-order valence-corrected chi connectivity index (χ2v) is 12.1. The third kappa shape index (κ3) is 4.67. The van der Waals surface area contributed by atoms with Crippen molar-refractivity contribution in [2.45, 2.75) is 63.2 Å². The number of carbonyl (C=O) groups is 2. The van der Waals surface area contributed by atoms with Gasteiger partial charge in [-0.1, -0.05) is 25.0 Å². The Morgan fingerprint density at radius 3 is 2.49 bits per heavy atom. The molecule has 4 N–H and O–H groups in total. The molecule has 2 unspecified atom stereocenters. The summed E-state index contributed by atoms with van der Waals surface area (Å²) in [6, 6.07) is 6.90. The number of halogens is 2. The summed E-state index contributed by atoms with van der Waals surface area (Å²) >= 11 is 0. The van der Waals surface area contributed by atoms with Crippen molar-refractivity contribution in [3.8, 4) is 11.1 Å². The van der Waals surface area contributed by atoms with E-state index in [4.69, 9.17) is 5.73 Å². The first kappa shape index (κ1) is 25.8. The van der Waals surface area contributed by atoms with Crippen LogP contribution in [0.1, 0.15) is 80.2 Å². The molecule has 3 heterocycles. The van der Waals surface area contributed by atoms with Crippen LogP contribution >= 0.6 is 0 Å². The van der Waals surface area contributed by atoms with Gasteiger partial charge in [0.25, 0.3) is 0 Å². The maximum Gasteiger partial charge on any atom is 0.226 e. The molecule has 210 valence electrons. The molecule has 0 bridgehead atoms. The quantitative estimate of drug-likeness (QED) is 0.339. The molecule has 0 radical (unpaired) electrons. The minimum atomic E-state index is -0.650. The lowest BCUT2D eigenvalue weighted by molar-refractivity contribution is -0.120. The molecule has 7 nitrogen and oxygen atoms in total. The molecule has 2 aromatic heterocycles. The van der Waals surface area contributed by atoms with E-state index >= 15 is 0 Å². The average Bonchev–Trinajstić information content (AvgIpc) is 3.52. The smallest absolute Gasteiger partial charge is 0.226 e. The highest BCUT2D eigenvalue weighted by Crippen LogP contribution is 2.55. The van der Waals surface area contributed by atoms with Gasteiger partial charge in [-0.05, 0) is 73.3 Å². The predicted molar refractivity (Wildman–Crippen MR) is 150 cm³/mol. The van der Waals surface area contributed by atoms with E-state index in [1.54, 1.807) is 18.3 Å². The molecular formula is C32H31F2N5O2. The number of allylic oxidation sites excluding steroid dienone is 3. The minimum Gasteiger partial charge on any atom is -0.369 e. The number of hydrogen-bond acceptors (Lipinski definition) is 5. The lowest BCUT2D eigenvalue weighted by Crippen LogP contribution is -2.35. The van der Waals surface area contributed by atoms with Gasteiger partial charge in [0.2, 0.25) is 5.91 Å². The average molecular weight is 556 g/mol. The van der Waals surface area contributed by atoms with Gasteiger partial charge in [0, 0.05) is 47.0 Å². The highest BCUT2D eigenvalue weighted by atomic mass is 19.1. The molecule has 4 aliphatic rings. The number of fused-ring (bicyclic) bond motifs is 1. The fourth-order valence-electron chi connectivity index (χ4n) is 7.20. The summed E-state index contributed by atoms with van der Waals surface area (Å²) in [6.45, 7) is 0. The number of pyridine rings is 1. The van der Waals surface area contributed by atoms with Crippen molar-refractivity contribution < 1.29 is 18.4 Å². The van der Waals surface area contributed by atoms with Crippen LogP contribution in [-0.4, -0.2) is 26.9 Å². The van der Waals surface area contributed by atoms with Crippen LogP contribution in [0.3, 0.4) is 0 Å². The summed E-state index contributed by atoms with van der Waals surface area (Å²) in [5, 5.41) is 11.2. The normalized spacial score (nSPS) is 22.1. The number of anilines is 1. The third-order valence-corrected chi connectivity index (χ3v) is 9.24. The first-order valence-electron chi connectivity index (χ1n) is 14.3. The Labute approximate surface area is 236 Å². The maximum absolute atomic E-state index is 13.8. The van der Waals surface area contributed by atoms with Crippen molar-refractivity contribution in [1.29, 1.82) is 0 Å². The van der Waals surface area contributed by atoms with Crippen LogP contribution < -0.4 is 11.1 Å². The number of nitrogens with two attached hydrogens (primary N) is 1. The molecule has 1 spiro atoms. The molecule has 1 amide bonds. The number of ketones is 1. The van der Waals surface area contributed by atoms with E-state index in [1.165, 1.54) is 12.1 Å². The largest absolute Gasteiger partial charge is 0.369 e. The SMILES string of the molecule is NC(=O)C(c1n[nH]c2c1C(/C=C/c1ccc(-c3cc(F)cc(F)c3)cn1)C1=C(CC3(CCCC3)CC1=O)N2)C1CC1. The van der Waals surface area contributed by atoms with E-state index < -0.39 is 29.4 Å². The Bertz CT molecular complexity index is 1590. The monoisotopic (exact) mass is 555 g/mol. The molecule has 2 saturated carbocycles. The van der Waals surface area contributed by atoms with Gasteiger partial charge < -0.3 is 11.1 Å². The van der Waals surface area contributed by atoms with E-state index in [0.717, 1.165) is 67.8 Å². The number of nitrogens with zero attached hydrogens (tertiary/aromatic N) is 2. The third-order valence-electron chi connectivity index (χ3n) is 9.24. The van der Waals surface area contributed by atoms with Crippen molar-refractivity contribution in [3.05, 3.63) is 82.5 Å². The molecule has 0 saturated heterocycles. The van der Waals surface area contributed by atoms with Crippen LogP contribution in [-0.2, 0) is 9.59 Å². The summed E-state index contributed by atoms with van der Waals surface area (Å²) in [4.78, 5) is 30.9. The van der Waals surface area contributed by atoms with E-state index in [0.29, 0.717) is 34.8 Å². The molecule has 2 atom stereocenters. The molecule has 9 heteroatoms. The molecule has 7 rings (SSSR count). The lowest BCUT2D eigenvalue weighted by atomic mass is 9.67. The van der Waals surface area contributed by atoms with Crippen molar-refractivity contribution in [1.82, 2.24) is 15.2 Å². The first-order valence-corrected chi connectivity index (χ1v) is 14.3. The van der Waals surface area contributed by atoms with Crippen molar-refractivity contribution in [2.75, 3.05) is 5.32 Å². The second-order valence-electron chi connectivity index (χ2n) is 12.1. The highest BCUT2D eigenvalue weighted by Gasteiger charge is 2.48. The highest BCUT2D eigenvalue weighted by molar-refractivity contribution is 6.01. The van der Waals surface area contributed by atoms with Gasteiger partial charge in [0.15, 0.2) is 5.78 Å².